The van der Waals surface area contributed by atoms with Crippen LogP contribution in [0.1, 0.15) is 54.6 Å². The van der Waals surface area contributed by atoms with Crippen molar-refractivity contribution >= 4 is 11.8 Å². The fourth-order valence-electron chi connectivity index (χ4n) is 5.48. The van der Waals surface area contributed by atoms with E-state index in [1.807, 2.05) is 60.8 Å². The molecular weight excluding hydrogens is 470 g/mol. The second-order valence-corrected chi connectivity index (χ2v) is 9.17. The second kappa shape index (κ2) is 9.34. The van der Waals surface area contributed by atoms with Gasteiger partial charge in [0, 0.05) is 6.20 Å². The predicted molar refractivity (Wildman–Crippen MR) is 146 cm³/mol. The molecule has 1 unspecified atom stereocenters. The molecule has 182 valence electrons. The van der Waals surface area contributed by atoms with E-state index >= 15 is 0 Å². The Morgan fingerprint density at radius 3 is 1.82 bits per heavy atom. The standard InChI is InChI=1S/C33H23N3O2/c1-2-26(27-19-12-20-28-30(27)32(38)35-31(28)37)29-21-36(22-34-29)33(23-13-6-3-7-14-23,24-15-8-4-9-16-24)25-17-10-5-11-18-25/h1,3-22,26H,(H,35,37,38). The van der Waals surface area contributed by atoms with Gasteiger partial charge in [0.25, 0.3) is 11.8 Å². The van der Waals surface area contributed by atoms with E-state index in [-0.39, 0.29) is 0 Å². The van der Waals surface area contributed by atoms with Crippen LogP contribution in [0.15, 0.2) is 122 Å². The molecule has 1 aliphatic heterocycles. The Morgan fingerprint density at radius 2 is 1.29 bits per heavy atom. The zero-order valence-electron chi connectivity index (χ0n) is 20.4. The molecule has 0 spiro atoms. The second-order valence-electron chi connectivity index (χ2n) is 9.17. The van der Waals surface area contributed by atoms with Gasteiger partial charge in [0.1, 0.15) is 5.54 Å². The minimum Gasteiger partial charge on any atom is -0.319 e. The van der Waals surface area contributed by atoms with Crippen molar-refractivity contribution in [2.45, 2.75) is 11.5 Å². The summed E-state index contributed by atoms with van der Waals surface area (Å²) in [6, 6.07) is 36.0. The number of rotatable bonds is 6. The van der Waals surface area contributed by atoms with Gasteiger partial charge < -0.3 is 4.57 Å². The van der Waals surface area contributed by atoms with Crippen molar-refractivity contribution in [1.82, 2.24) is 14.9 Å². The molecule has 1 N–H and O–H groups in total. The largest absolute Gasteiger partial charge is 0.319 e. The van der Waals surface area contributed by atoms with Crippen LogP contribution in [-0.2, 0) is 5.54 Å². The van der Waals surface area contributed by atoms with Crippen molar-refractivity contribution in [3.8, 4) is 12.3 Å². The van der Waals surface area contributed by atoms with E-state index in [0.29, 0.717) is 22.4 Å². The van der Waals surface area contributed by atoms with Crippen molar-refractivity contribution in [2.75, 3.05) is 0 Å². The van der Waals surface area contributed by atoms with Crippen LogP contribution >= 0.6 is 0 Å². The number of benzene rings is 4. The van der Waals surface area contributed by atoms with Crippen molar-refractivity contribution in [2.24, 2.45) is 0 Å². The molecule has 0 aliphatic carbocycles. The zero-order valence-corrected chi connectivity index (χ0v) is 20.4. The van der Waals surface area contributed by atoms with E-state index in [9.17, 15) is 9.59 Å². The number of imide groups is 1. The molecule has 4 aromatic carbocycles. The van der Waals surface area contributed by atoms with E-state index < -0.39 is 23.3 Å². The molecule has 5 heteroatoms. The summed E-state index contributed by atoms with van der Waals surface area (Å²) in [5, 5.41) is 2.37. The molecule has 0 fully saturated rings. The van der Waals surface area contributed by atoms with Crippen molar-refractivity contribution in [1.29, 1.82) is 0 Å². The molecule has 0 saturated carbocycles. The van der Waals surface area contributed by atoms with Gasteiger partial charge in [-0.1, -0.05) is 109 Å². The first kappa shape index (κ1) is 23.2. The lowest BCUT2D eigenvalue weighted by Gasteiger charge is -2.37. The van der Waals surface area contributed by atoms with Gasteiger partial charge in [0.15, 0.2) is 0 Å². The molecule has 2 amide bonds. The molecule has 38 heavy (non-hydrogen) atoms. The maximum absolute atomic E-state index is 12.6. The topological polar surface area (TPSA) is 64.0 Å². The number of hydrogen-bond acceptors (Lipinski definition) is 3. The highest BCUT2D eigenvalue weighted by molar-refractivity contribution is 6.22. The number of aromatic nitrogens is 2. The number of carbonyl (C=O) groups is 2. The number of nitrogens with zero attached hydrogens (tertiary/aromatic N) is 2. The van der Waals surface area contributed by atoms with Crippen molar-refractivity contribution < 1.29 is 9.59 Å². The Labute approximate surface area is 220 Å². The van der Waals surface area contributed by atoms with Gasteiger partial charge in [-0.25, -0.2) is 4.98 Å². The predicted octanol–water partition coefficient (Wildman–Crippen LogP) is 5.37. The van der Waals surface area contributed by atoms with Gasteiger partial charge in [-0.05, 0) is 28.3 Å². The number of terminal acetylenes is 1. The van der Waals surface area contributed by atoms with Gasteiger partial charge in [0.05, 0.1) is 29.1 Å². The molecule has 0 radical (unpaired) electrons. The molecule has 6 rings (SSSR count). The van der Waals surface area contributed by atoms with Crippen LogP contribution in [0.5, 0.6) is 0 Å². The highest BCUT2D eigenvalue weighted by Gasteiger charge is 2.39. The summed E-state index contributed by atoms with van der Waals surface area (Å²) in [4.78, 5) is 29.7. The molecule has 1 atom stereocenters. The summed E-state index contributed by atoms with van der Waals surface area (Å²) in [7, 11) is 0. The van der Waals surface area contributed by atoms with Gasteiger partial charge in [-0.15, -0.1) is 6.42 Å². The first-order chi connectivity index (χ1) is 18.6. The molecule has 5 aromatic rings. The number of fused-ring (bicyclic) bond motifs is 1. The smallest absolute Gasteiger partial charge is 0.259 e. The number of imidazole rings is 1. The quantitative estimate of drug-likeness (QED) is 0.196. The number of hydrogen-bond donors (Lipinski definition) is 1. The lowest BCUT2D eigenvalue weighted by atomic mass is 9.76. The monoisotopic (exact) mass is 493 g/mol. The van der Waals surface area contributed by atoms with Gasteiger partial charge in [-0.3, -0.25) is 14.9 Å². The Balaban J connectivity index is 1.58. The van der Waals surface area contributed by atoms with E-state index in [4.69, 9.17) is 11.4 Å². The average Bonchev–Trinajstić information content (AvgIpc) is 3.56. The normalized spacial score (nSPS) is 13.4. The van der Waals surface area contributed by atoms with E-state index in [1.165, 1.54) is 0 Å². The summed E-state index contributed by atoms with van der Waals surface area (Å²) >= 11 is 0. The Morgan fingerprint density at radius 1 is 0.737 bits per heavy atom. The van der Waals surface area contributed by atoms with Gasteiger partial charge in [0.2, 0.25) is 0 Å². The molecular formula is C33H23N3O2. The minimum absolute atomic E-state index is 0.315. The maximum atomic E-state index is 12.6. The minimum atomic E-state index is -0.736. The van der Waals surface area contributed by atoms with Crippen LogP contribution in [-0.4, -0.2) is 21.4 Å². The van der Waals surface area contributed by atoms with Crippen LogP contribution in [0, 0.1) is 12.3 Å². The zero-order chi connectivity index (χ0) is 26.1. The Kier molecular flexibility index (Phi) is 5.71. The highest BCUT2D eigenvalue weighted by Crippen LogP contribution is 2.41. The lowest BCUT2D eigenvalue weighted by Crippen LogP contribution is -2.37. The lowest BCUT2D eigenvalue weighted by molar-refractivity contribution is 0.0879. The summed E-state index contributed by atoms with van der Waals surface area (Å²) < 4.78 is 2.08. The molecule has 1 aromatic heterocycles. The third kappa shape index (κ3) is 3.55. The van der Waals surface area contributed by atoms with Crippen LogP contribution in [0.25, 0.3) is 0 Å². The Hall–Kier alpha value is -5.21. The fraction of sp³-hybridized carbons (Fsp3) is 0.0606. The summed E-state index contributed by atoms with van der Waals surface area (Å²) in [6.07, 6.45) is 9.79. The third-order valence-corrected chi connectivity index (χ3v) is 7.13. The molecule has 0 bridgehead atoms. The summed E-state index contributed by atoms with van der Waals surface area (Å²) in [5.74, 6) is 1.34. The third-order valence-electron chi connectivity index (χ3n) is 7.13. The molecule has 2 heterocycles. The number of carbonyl (C=O) groups excluding carboxylic acids is 2. The van der Waals surface area contributed by atoms with E-state index in [0.717, 1.165) is 16.7 Å². The first-order valence-corrected chi connectivity index (χ1v) is 12.3. The van der Waals surface area contributed by atoms with Crippen LogP contribution in [0.2, 0.25) is 0 Å². The number of nitrogens with one attached hydrogen (secondary N) is 1. The number of amides is 2. The fourth-order valence-corrected chi connectivity index (χ4v) is 5.48. The first-order valence-electron chi connectivity index (χ1n) is 12.3. The van der Waals surface area contributed by atoms with Crippen molar-refractivity contribution in [3.05, 3.63) is 161 Å². The van der Waals surface area contributed by atoms with Crippen LogP contribution in [0.4, 0.5) is 0 Å². The van der Waals surface area contributed by atoms with E-state index in [2.05, 4.69) is 52.2 Å². The van der Waals surface area contributed by atoms with Crippen LogP contribution < -0.4 is 5.32 Å². The molecule has 0 saturated heterocycles. The summed E-state index contributed by atoms with van der Waals surface area (Å²) in [5.41, 5.74) is 4.29. The molecule has 1 aliphatic rings. The SMILES string of the molecule is C#CC(c1cn(C(c2ccccc2)(c2ccccc2)c2ccccc2)cn1)c1cccc2c1C(=O)NC2=O. The highest BCUT2D eigenvalue weighted by atomic mass is 16.2. The van der Waals surface area contributed by atoms with Crippen LogP contribution in [0.3, 0.4) is 0 Å². The Bertz CT molecular complexity index is 1590. The maximum Gasteiger partial charge on any atom is 0.259 e. The average molecular weight is 494 g/mol. The van der Waals surface area contributed by atoms with Gasteiger partial charge >= 0.3 is 0 Å². The molecule has 5 nitrogen and oxygen atoms in total. The van der Waals surface area contributed by atoms with E-state index in [1.54, 1.807) is 24.5 Å². The van der Waals surface area contributed by atoms with Gasteiger partial charge in [-0.2, -0.15) is 0 Å². The van der Waals surface area contributed by atoms with Crippen molar-refractivity contribution in [3.63, 3.8) is 0 Å². The summed E-state index contributed by atoms with van der Waals surface area (Å²) in [6.45, 7) is 0.